The third kappa shape index (κ3) is 2.27. The van der Waals surface area contributed by atoms with E-state index in [0.717, 1.165) is 0 Å². The predicted molar refractivity (Wildman–Crippen MR) is 127 cm³/mol. The van der Waals surface area contributed by atoms with Crippen LogP contribution in [0.25, 0.3) is 0 Å². The summed E-state index contributed by atoms with van der Waals surface area (Å²) in [5, 5.41) is 5.98. The van der Waals surface area contributed by atoms with E-state index in [0.29, 0.717) is 33.8 Å². The van der Waals surface area contributed by atoms with Crippen molar-refractivity contribution in [2.24, 2.45) is 5.92 Å². The zero-order valence-corrected chi connectivity index (χ0v) is 18.8. The SMILES string of the molecule is COc1ccc(C(=O)[C@@H]2CN(C)[C@@]3(C(=O)Nc4ccccc43)[C@@]23C(=O)Nc2ccccc23)cc1. The number of rotatable bonds is 3. The minimum atomic E-state index is -1.44. The third-order valence-electron chi connectivity index (χ3n) is 7.67. The Morgan fingerprint density at radius 1 is 0.882 bits per heavy atom. The zero-order chi connectivity index (χ0) is 23.7. The summed E-state index contributed by atoms with van der Waals surface area (Å²) >= 11 is 0. The van der Waals surface area contributed by atoms with Crippen molar-refractivity contribution in [1.29, 1.82) is 0 Å². The molecule has 3 atom stereocenters. The maximum atomic E-state index is 14.1. The monoisotopic (exact) mass is 453 g/mol. The van der Waals surface area contributed by atoms with Crippen molar-refractivity contribution in [1.82, 2.24) is 4.90 Å². The number of para-hydroxylation sites is 2. The molecule has 0 bridgehead atoms. The molecule has 3 aromatic rings. The molecule has 0 unspecified atom stereocenters. The topological polar surface area (TPSA) is 87.7 Å². The van der Waals surface area contributed by atoms with Gasteiger partial charge >= 0.3 is 0 Å². The van der Waals surface area contributed by atoms with E-state index in [1.165, 1.54) is 0 Å². The number of carbonyl (C=O) groups is 3. The number of hydrogen-bond donors (Lipinski definition) is 2. The fourth-order valence-corrected chi connectivity index (χ4v) is 6.33. The highest BCUT2D eigenvalue weighted by Gasteiger charge is 2.77. The van der Waals surface area contributed by atoms with Gasteiger partial charge in [0.15, 0.2) is 5.78 Å². The maximum Gasteiger partial charge on any atom is 0.251 e. The van der Waals surface area contributed by atoms with E-state index in [9.17, 15) is 14.4 Å². The van der Waals surface area contributed by atoms with Crippen LogP contribution in [0.3, 0.4) is 0 Å². The average molecular weight is 453 g/mol. The van der Waals surface area contributed by atoms with Crippen molar-refractivity contribution >= 4 is 29.0 Å². The Hall–Kier alpha value is -3.97. The maximum absolute atomic E-state index is 14.1. The number of benzene rings is 3. The van der Waals surface area contributed by atoms with Gasteiger partial charge in [-0.1, -0.05) is 36.4 Å². The van der Waals surface area contributed by atoms with Crippen LogP contribution in [-0.2, 0) is 20.5 Å². The molecule has 1 saturated heterocycles. The van der Waals surface area contributed by atoms with Crippen LogP contribution >= 0.6 is 0 Å². The lowest BCUT2D eigenvalue weighted by atomic mass is 9.58. The molecule has 3 aliphatic heterocycles. The van der Waals surface area contributed by atoms with Crippen LogP contribution in [0, 0.1) is 5.92 Å². The van der Waals surface area contributed by atoms with E-state index in [-0.39, 0.29) is 24.1 Å². The molecule has 1 fully saturated rings. The fourth-order valence-electron chi connectivity index (χ4n) is 6.33. The first-order chi connectivity index (χ1) is 16.5. The smallest absolute Gasteiger partial charge is 0.251 e. The minimum absolute atomic E-state index is 0.185. The average Bonchev–Trinajstić information content (AvgIpc) is 3.43. The van der Waals surface area contributed by atoms with Crippen LogP contribution in [-0.4, -0.2) is 43.2 Å². The number of likely N-dealkylation sites (tertiary alicyclic amines) is 1. The van der Waals surface area contributed by atoms with E-state index in [4.69, 9.17) is 4.74 Å². The molecule has 3 aromatic carbocycles. The number of nitrogens with one attached hydrogen (secondary N) is 2. The molecular weight excluding hydrogens is 430 g/mol. The molecule has 170 valence electrons. The lowest BCUT2D eigenvalue weighted by molar-refractivity contribution is -0.136. The van der Waals surface area contributed by atoms with Crippen LogP contribution in [0.5, 0.6) is 5.75 Å². The van der Waals surface area contributed by atoms with Crippen LogP contribution in [0.1, 0.15) is 21.5 Å². The summed E-state index contributed by atoms with van der Waals surface area (Å²) in [6.07, 6.45) is 0. The molecule has 2 N–H and O–H groups in total. The second-order valence-electron chi connectivity index (χ2n) is 9.04. The summed E-state index contributed by atoms with van der Waals surface area (Å²) in [6.45, 7) is 0.244. The highest BCUT2D eigenvalue weighted by Crippen LogP contribution is 2.63. The summed E-state index contributed by atoms with van der Waals surface area (Å²) in [6, 6.07) is 21.7. The number of Topliss-reactive ketones (excluding diaryl/α,β-unsaturated/α-hetero) is 1. The molecule has 2 amide bonds. The summed E-state index contributed by atoms with van der Waals surface area (Å²) < 4.78 is 5.24. The molecule has 7 heteroatoms. The standard InChI is InChI=1S/C27H23N3O4/c1-30-15-20(23(31)16-11-13-17(34-2)14-12-16)26(18-7-3-5-9-21(18)28-24(26)32)27(30)19-8-4-6-10-22(19)29-25(27)33/h3-14,20H,15H2,1-2H3,(H,28,32)(H,29,33)/t20-,26+,27-/m0/s1. The van der Waals surface area contributed by atoms with Crippen LogP contribution in [0.2, 0.25) is 0 Å². The van der Waals surface area contributed by atoms with Gasteiger partial charge in [0.2, 0.25) is 5.91 Å². The number of anilines is 2. The minimum Gasteiger partial charge on any atom is -0.497 e. The molecule has 0 radical (unpaired) electrons. The van der Waals surface area contributed by atoms with Crippen LogP contribution in [0.4, 0.5) is 11.4 Å². The summed E-state index contributed by atoms with van der Waals surface area (Å²) in [7, 11) is 3.39. The number of amides is 2. The van der Waals surface area contributed by atoms with E-state index >= 15 is 0 Å². The molecule has 34 heavy (non-hydrogen) atoms. The van der Waals surface area contributed by atoms with Crippen molar-refractivity contribution in [2.45, 2.75) is 11.0 Å². The number of ketones is 1. The Kier molecular flexibility index (Phi) is 4.25. The number of methoxy groups -OCH3 is 1. The Morgan fingerprint density at radius 3 is 2.15 bits per heavy atom. The largest absolute Gasteiger partial charge is 0.497 e. The molecule has 0 aliphatic carbocycles. The lowest BCUT2D eigenvalue weighted by Gasteiger charge is -2.42. The van der Waals surface area contributed by atoms with Gasteiger partial charge in [-0.15, -0.1) is 0 Å². The summed E-state index contributed by atoms with van der Waals surface area (Å²) in [4.78, 5) is 43.9. The fraction of sp³-hybridized carbons (Fsp3) is 0.222. The van der Waals surface area contributed by atoms with Crippen molar-refractivity contribution in [3.8, 4) is 5.75 Å². The Labute approximate surface area is 196 Å². The number of nitrogens with zero attached hydrogens (tertiary/aromatic N) is 1. The highest BCUT2D eigenvalue weighted by molar-refractivity contribution is 6.20. The van der Waals surface area contributed by atoms with Gasteiger partial charge in [0.1, 0.15) is 16.7 Å². The predicted octanol–water partition coefficient (Wildman–Crippen LogP) is 3.18. The second kappa shape index (κ2) is 7.01. The number of ether oxygens (including phenoxy) is 1. The molecule has 2 spiro atoms. The van der Waals surface area contributed by atoms with Gasteiger partial charge in [-0.05, 0) is 49.0 Å². The van der Waals surface area contributed by atoms with Gasteiger partial charge in [0, 0.05) is 29.0 Å². The lowest BCUT2D eigenvalue weighted by Crippen LogP contribution is -2.61. The molecule has 0 saturated carbocycles. The third-order valence-corrected chi connectivity index (χ3v) is 7.67. The van der Waals surface area contributed by atoms with Gasteiger partial charge in [-0.3, -0.25) is 19.3 Å². The van der Waals surface area contributed by atoms with Gasteiger partial charge in [-0.2, -0.15) is 0 Å². The normalized spacial score (nSPS) is 26.9. The Balaban J connectivity index is 1.64. The molecular formula is C27H23N3O4. The number of fused-ring (bicyclic) bond motifs is 5. The first-order valence-electron chi connectivity index (χ1n) is 11.2. The molecule has 7 nitrogen and oxygen atoms in total. The quantitative estimate of drug-likeness (QED) is 0.595. The molecule has 0 aromatic heterocycles. The van der Waals surface area contributed by atoms with Gasteiger partial charge in [-0.25, -0.2) is 0 Å². The van der Waals surface area contributed by atoms with Crippen molar-refractivity contribution in [2.75, 3.05) is 31.3 Å². The Morgan fingerprint density at radius 2 is 1.47 bits per heavy atom. The van der Waals surface area contributed by atoms with E-state index in [2.05, 4.69) is 10.6 Å². The number of carbonyl (C=O) groups excluding carboxylic acids is 3. The zero-order valence-electron chi connectivity index (χ0n) is 18.8. The second-order valence-corrected chi connectivity index (χ2v) is 9.04. The van der Waals surface area contributed by atoms with Crippen molar-refractivity contribution < 1.29 is 19.1 Å². The van der Waals surface area contributed by atoms with E-state index < -0.39 is 16.9 Å². The molecule has 3 aliphatic rings. The van der Waals surface area contributed by atoms with Gasteiger partial charge < -0.3 is 15.4 Å². The van der Waals surface area contributed by atoms with E-state index in [1.807, 2.05) is 60.5 Å². The summed E-state index contributed by atoms with van der Waals surface area (Å²) in [5.41, 5.74) is 0.335. The van der Waals surface area contributed by atoms with Crippen LogP contribution in [0.15, 0.2) is 72.8 Å². The number of likely N-dealkylation sites (N-methyl/N-ethyl adjacent to an activating group) is 1. The first kappa shape index (κ1) is 20.6. The number of hydrogen-bond acceptors (Lipinski definition) is 5. The van der Waals surface area contributed by atoms with Gasteiger partial charge in [0.25, 0.3) is 5.91 Å². The molecule has 3 heterocycles. The first-order valence-corrected chi connectivity index (χ1v) is 11.2. The molecule has 6 rings (SSSR count). The van der Waals surface area contributed by atoms with E-state index in [1.54, 1.807) is 31.4 Å². The van der Waals surface area contributed by atoms with Crippen LogP contribution < -0.4 is 15.4 Å². The van der Waals surface area contributed by atoms with Gasteiger partial charge in [0.05, 0.1) is 13.0 Å². The van der Waals surface area contributed by atoms with Crippen molar-refractivity contribution in [3.05, 3.63) is 89.5 Å². The summed E-state index contributed by atoms with van der Waals surface area (Å²) in [5.74, 6) is -0.967. The van der Waals surface area contributed by atoms with Crippen molar-refractivity contribution in [3.63, 3.8) is 0 Å². The highest BCUT2D eigenvalue weighted by atomic mass is 16.5. The Bertz CT molecular complexity index is 1370.